The standard InChI is InChI=1S/C24H33N3OS3Si/c1-2-3-4-5-7-21-8-10-22(11-9-21)23-12-14-24(15-13-23)28-16-6-17-32(25-18-29,26-19-30)27-20-31/h8-11,23-24H,2-7,12-17H2,1H3. The zero-order valence-electron chi connectivity index (χ0n) is 18.9. The Hall–Kier alpha value is -1.20. The molecule has 0 saturated heterocycles. The molecule has 0 spiro atoms. The number of rotatable bonds is 14. The van der Waals surface area contributed by atoms with Crippen LogP contribution >= 0.6 is 36.7 Å². The number of aryl methyl sites for hydroxylation is 1. The fourth-order valence-corrected chi connectivity index (χ4v) is 7.16. The third-order valence-electron chi connectivity index (χ3n) is 6.13. The third kappa shape index (κ3) is 9.34. The molecule has 4 nitrogen and oxygen atoms in total. The SMILES string of the molecule is CCCCCCc1ccc(C2CCC(OCCC[Si](N=C=S)(N=C=S)N=C=S)CC2)cc1. The molecule has 0 unspecified atom stereocenters. The second kappa shape index (κ2) is 15.6. The molecule has 32 heavy (non-hydrogen) atoms. The quantitative estimate of drug-likeness (QED) is 0.114. The number of nitrogens with zero attached hydrogens (tertiary/aromatic N) is 3. The normalized spacial score (nSPS) is 19.7. The Labute approximate surface area is 209 Å². The minimum absolute atomic E-state index is 0.317. The first-order valence-electron chi connectivity index (χ1n) is 11.6. The van der Waals surface area contributed by atoms with E-state index in [1.807, 2.05) is 0 Å². The molecular formula is C24H33N3OS3Si. The monoisotopic (exact) mass is 503 g/mol. The van der Waals surface area contributed by atoms with Crippen LogP contribution in [0.15, 0.2) is 38.2 Å². The highest BCUT2D eigenvalue weighted by Gasteiger charge is 2.34. The minimum atomic E-state index is -2.81. The zero-order valence-corrected chi connectivity index (χ0v) is 22.4. The van der Waals surface area contributed by atoms with Crippen molar-refractivity contribution in [1.82, 2.24) is 0 Å². The van der Waals surface area contributed by atoms with E-state index in [9.17, 15) is 0 Å². The number of unbranched alkanes of at least 4 members (excludes halogenated alkanes) is 3. The van der Waals surface area contributed by atoms with Gasteiger partial charge in [-0.2, -0.15) is 0 Å². The largest absolute Gasteiger partial charge is 0.461 e. The molecule has 172 valence electrons. The summed E-state index contributed by atoms with van der Waals surface area (Å²) in [5.41, 5.74) is 2.95. The fraction of sp³-hybridized carbons (Fsp3) is 0.625. The molecule has 0 amide bonds. The summed E-state index contributed by atoms with van der Waals surface area (Å²) in [6, 6.07) is 9.96. The molecule has 0 heterocycles. The average Bonchev–Trinajstić information content (AvgIpc) is 2.81. The predicted octanol–water partition coefficient (Wildman–Crippen LogP) is 7.49. The van der Waals surface area contributed by atoms with Gasteiger partial charge in [0.05, 0.1) is 21.6 Å². The smallest absolute Gasteiger partial charge is 0.378 e. The highest BCUT2D eigenvalue weighted by atomic mass is 32.1. The first-order valence-corrected chi connectivity index (χ1v) is 14.9. The number of thiocarbonyl (C=S) groups is 3. The molecule has 0 radical (unpaired) electrons. The predicted molar refractivity (Wildman–Crippen MR) is 145 cm³/mol. The summed E-state index contributed by atoms with van der Waals surface area (Å²) < 4.78 is 18.6. The van der Waals surface area contributed by atoms with Gasteiger partial charge in [0.2, 0.25) is 0 Å². The van der Waals surface area contributed by atoms with Gasteiger partial charge in [0, 0.05) is 12.7 Å². The number of hydrogen-bond donors (Lipinski definition) is 0. The van der Waals surface area contributed by atoms with Crippen LogP contribution < -0.4 is 0 Å². The van der Waals surface area contributed by atoms with Crippen molar-refractivity contribution >= 4 is 60.7 Å². The van der Waals surface area contributed by atoms with E-state index in [4.69, 9.17) is 41.4 Å². The lowest BCUT2D eigenvalue weighted by Gasteiger charge is -2.29. The van der Waals surface area contributed by atoms with Gasteiger partial charge in [-0.05, 0) is 98.6 Å². The van der Waals surface area contributed by atoms with Crippen molar-refractivity contribution < 1.29 is 4.74 Å². The third-order valence-corrected chi connectivity index (χ3v) is 9.32. The number of benzene rings is 1. The summed E-state index contributed by atoms with van der Waals surface area (Å²) in [4.78, 5) is 0. The second-order valence-corrected chi connectivity index (χ2v) is 11.7. The Bertz CT molecular complexity index is 791. The van der Waals surface area contributed by atoms with Crippen LogP contribution in [0.2, 0.25) is 6.04 Å². The number of hydrogen-bond acceptors (Lipinski definition) is 7. The van der Waals surface area contributed by atoms with Gasteiger partial charge in [-0.3, -0.25) is 0 Å². The van der Waals surface area contributed by atoms with E-state index < -0.39 is 8.56 Å². The van der Waals surface area contributed by atoms with Crippen LogP contribution in [0.5, 0.6) is 0 Å². The van der Waals surface area contributed by atoms with Crippen LogP contribution in [0.1, 0.15) is 81.8 Å². The van der Waals surface area contributed by atoms with Gasteiger partial charge in [-0.25, -0.2) is 14.0 Å². The maximum atomic E-state index is 6.14. The van der Waals surface area contributed by atoms with Gasteiger partial charge in [-0.15, -0.1) is 0 Å². The maximum absolute atomic E-state index is 6.14. The van der Waals surface area contributed by atoms with Crippen molar-refractivity contribution in [3.8, 4) is 0 Å². The number of ether oxygens (including phenoxy) is 1. The lowest BCUT2D eigenvalue weighted by Crippen LogP contribution is -2.28. The van der Waals surface area contributed by atoms with Gasteiger partial charge in [0.25, 0.3) is 0 Å². The van der Waals surface area contributed by atoms with Crippen LogP contribution in [0.3, 0.4) is 0 Å². The molecule has 1 aromatic rings. The van der Waals surface area contributed by atoms with E-state index >= 15 is 0 Å². The van der Waals surface area contributed by atoms with Crippen LogP contribution in [-0.2, 0) is 11.2 Å². The Kier molecular flexibility index (Phi) is 13.2. The number of isothiocyanates is 3. The zero-order chi connectivity index (χ0) is 23.1. The van der Waals surface area contributed by atoms with E-state index in [1.165, 1.54) is 56.1 Å². The summed E-state index contributed by atoms with van der Waals surface area (Å²) in [6.07, 6.45) is 12.1. The van der Waals surface area contributed by atoms with Crippen molar-refractivity contribution in [2.45, 2.75) is 89.2 Å². The van der Waals surface area contributed by atoms with Gasteiger partial charge in [-0.1, -0.05) is 50.5 Å². The van der Waals surface area contributed by atoms with E-state index in [-0.39, 0.29) is 0 Å². The van der Waals surface area contributed by atoms with Crippen LogP contribution in [0.4, 0.5) is 0 Å². The summed E-state index contributed by atoms with van der Waals surface area (Å²) in [5, 5.41) is 7.13. The van der Waals surface area contributed by atoms with Crippen LogP contribution in [0.25, 0.3) is 0 Å². The molecule has 0 aliphatic heterocycles. The molecule has 8 heteroatoms. The molecule has 1 saturated carbocycles. The first kappa shape index (κ1) is 27.0. The summed E-state index contributed by atoms with van der Waals surface area (Å²) >= 11 is 14.2. The van der Waals surface area contributed by atoms with Crippen molar-refractivity contribution in [2.24, 2.45) is 14.0 Å². The molecule has 0 aromatic heterocycles. The van der Waals surface area contributed by atoms with Crippen LogP contribution in [-0.4, -0.2) is 36.8 Å². The van der Waals surface area contributed by atoms with E-state index in [0.717, 1.165) is 19.3 Å². The second-order valence-electron chi connectivity index (χ2n) is 8.38. The van der Waals surface area contributed by atoms with Crippen molar-refractivity contribution in [3.05, 3.63) is 35.4 Å². The molecule has 1 aliphatic carbocycles. The molecular weight excluding hydrogens is 471 g/mol. The van der Waals surface area contributed by atoms with E-state index in [2.05, 4.69) is 60.6 Å². The van der Waals surface area contributed by atoms with Gasteiger partial charge in [0.1, 0.15) is 0 Å². The minimum Gasteiger partial charge on any atom is -0.378 e. The average molecular weight is 504 g/mol. The first-order chi connectivity index (χ1) is 15.7. The lowest BCUT2D eigenvalue weighted by molar-refractivity contribution is 0.0250. The molecule has 0 N–H and O–H groups in total. The molecule has 2 rings (SSSR count). The van der Waals surface area contributed by atoms with Gasteiger partial charge in [0.15, 0.2) is 0 Å². The van der Waals surface area contributed by atoms with E-state index in [1.54, 1.807) is 0 Å². The molecule has 0 atom stereocenters. The molecule has 1 fully saturated rings. The highest BCUT2D eigenvalue weighted by molar-refractivity contribution is 7.78. The van der Waals surface area contributed by atoms with Crippen molar-refractivity contribution in [2.75, 3.05) is 6.61 Å². The highest BCUT2D eigenvalue weighted by Crippen LogP contribution is 2.34. The van der Waals surface area contributed by atoms with Crippen molar-refractivity contribution in [1.29, 1.82) is 0 Å². The Morgan fingerprint density at radius 3 is 2.06 bits per heavy atom. The maximum Gasteiger partial charge on any atom is 0.461 e. The molecule has 0 bridgehead atoms. The summed E-state index contributed by atoms with van der Waals surface area (Å²) in [5.74, 6) is 0.648. The van der Waals surface area contributed by atoms with Gasteiger partial charge >= 0.3 is 8.56 Å². The van der Waals surface area contributed by atoms with Crippen molar-refractivity contribution in [3.63, 3.8) is 0 Å². The van der Waals surface area contributed by atoms with Gasteiger partial charge < -0.3 is 4.74 Å². The summed E-state index contributed by atoms with van der Waals surface area (Å²) in [7, 11) is -2.81. The van der Waals surface area contributed by atoms with Crippen LogP contribution in [0, 0.1) is 0 Å². The van der Waals surface area contributed by atoms with E-state index in [0.29, 0.717) is 24.7 Å². The summed E-state index contributed by atoms with van der Waals surface area (Å²) in [6.45, 7) is 2.90. The fourth-order valence-electron chi connectivity index (χ4n) is 4.30. The molecule has 1 aliphatic rings. The lowest BCUT2D eigenvalue weighted by atomic mass is 9.82. The topological polar surface area (TPSA) is 46.3 Å². The Morgan fingerprint density at radius 2 is 1.50 bits per heavy atom. The molecule has 1 aromatic carbocycles. The Morgan fingerprint density at radius 1 is 0.875 bits per heavy atom. The Balaban J connectivity index is 1.73.